The second kappa shape index (κ2) is 7.13. The largest absolute Gasteiger partial charge is 0.342 e. The molecule has 0 saturated carbocycles. The number of hydrogen-bond acceptors (Lipinski definition) is 3. The molecule has 22 heavy (non-hydrogen) atoms. The van der Waals surface area contributed by atoms with Crippen molar-refractivity contribution in [2.75, 3.05) is 18.4 Å². The Morgan fingerprint density at radius 2 is 1.73 bits per heavy atom. The molecule has 1 N–H and O–H groups in total. The molecular formula is C17H20N4S. The van der Waals surface area contributed by atoms with Crippen LogP contribution in [0, 0.1) is 13.8 Å². The van der Waals surface area contributed by atoms with Crippen molar-refractivity contribution in [3.8, 4) is 0 Å². The summed E-state index contributed by atoms with van der Waals surface area (Å²) in [5, 5.41) is 3.87. The Labute approximate surface area is 136 Å². The smallest absolute Gasteiger partial charge is 0.173 e. The third-order valence-corrected chi connectivity index (χ3v) is 3.67. The number of thiocarbonyl (C=S) groups is 1. The van der Waals surface area contributed by atoms with Gasteiger partial charge in [-0.3, -0.25) is 0 Å². The Bertz CT molecular complexity index is 714. The minimum Gasteiger partial charge on any atom is -0.342 e. The molecule has 0 unspecified atom stereocenters. The maximum Gasteiger partial charge on any atom is 0.173 e. The first-order chi connectivity index (χ1) is 10.5. The highest BCUT2D eigenvalue weighted by atomic mass is 32.1. The second-order valence-corrected chi connectivity index (χ2v) is 5.40. The Hall–Kier alpha value is -2.27. The van der Waals surface area contributed by atoms with Gasteiger partial charge in [0.1, 0.15) is 0 Å². The van der Waals surface area contributed by atoms with Crippen molar-refractivity contribution in [2.24, 2.45) is 0 Å². The number of anilines is 1. The molecule has 0 aliphatic rings. The number of nitrogens with zero attached hydrogens (tertiary/aromatic N) is 3. The van der Waals surface area contributed by atoms with E-state index in [0.717, 1.165) is 28.1 Å². The van der Waals surface area contributed by atoms with Crippen molar-refractivity contribution in [1.82, 2.24) is 14.9 Å². The standard InChI is InChI=1S/C17H20N4S/c1-5-9-21(10-6-2)17(22)20-14-7-8-15-16(11-14)19-13(4)12(3)18-15/h5-8,11H,1-2,9-10H2,3-4H3,(H,20,22). The zero-order valence-electron chi connectivity index (χ0n) is 13.0. The molecule has 0 fully saturated rings. The van der Waals surface area contributed by atoms with Crippen LogP contribution >= 0.6 is 12.2 Å². The van der Waals surface area contributed by atoms with Gasteiger partial charge in [-0.05, 0) is 44.3 Å². The molecule has 0 aliphatic heterocycles. The highest BCUT2D eigenvalue weighted by Gasteiger charge is 2.08. The topological polar surface area (TPSA) is 41.0 Å². The van der Waals surface area contributed by atoms with E-state index in [4.69, 9.17) is 12.2 Å². The summed E-state index contributed by atoms with van der Waals surface area (Å²) < 4.78 is 0. The normalized spacial score (nSPS) is 10.3. The average molecular weight is 312 g/mol. The molecule has 0 saturated heterocycles. The van der Waals surface area contributed by atoms with Crippen LogP contribution in [0.2, 0.25) is 0 Å². The summed E-state index contributed by atoms with van der Waals surface area (Å²) in [4.78, 5) is 11.1. The molecule has 5 heteroatoms. The lowest BCUT2D eigenvalue weighted by atomic mass is 10.2. The highest BCUT2D eigenvalue weighted by molar-refractivity contribution is 7.80. The van der Waals surface area contributed by atoms with Gasteiger partial charge in [0.25, 0.3) is 0 Å². The molecule has 1 heterocycles. The maximum absolute atomic E-state index is 5.44. The van der Waals surface area contributed by atoms with E-state index in [1.165, 1.54) is 0 Å². The third-order valence-electron chi connectivity index (χ3n) is 3.31. The molecule has 0 bridgehead atoms. The summed E-state index contributed by atoms with van der Waals surface area (Å²) in [5.74, 6) is 0. The monoisotopic (exact) mass is 312 g/mol. The van der Waals surface area contributed by atoms with Crippen molar-refractivity contribution in [2.45, 2.75) is 13.8 Å². The number of nitrogens with one attached hydrogen (secondary N) is 1. The number of aromatic nitrogens is 2. The Balaban J connectivity index is 2.23. The number of aryl methyl sites for hydroxylation is 2. The predicted octanol–water partition coefficient (Wildman–Crippen LogP) is 3.62. The fraction of sp³-hybridized carbons (Fsp3) is 0.235. The molecule has 2 rings (SSSR count). The summed E-state index contributed by atoms with van der Waals surface area (Å²) in [5.41, 5.74) is 4.52. The molecule has 114 valence electrons. The lowest BCUT2D eigenvalue weighted by molar-refractivity contribution is 0.522. The predicted molar refractivity (Wildman–Crippen MR) is 97.2 cm³/mol. The summed E-state index contributed by atoms with van der Waals surface area (Å²) in [6, 6.07) is 5.87. The Morgan fingerprint density at radius 3 is 2.32 bits per heavy atom. The van der Waals surface area contributed by atoms with E-state index in [9.17, 15) is 0 Å². The second-order valence-electron chi connectivity index (χ2n) is 5.01. The maximum atomic E-state index is 5.44. The number of rotatable bonds is 5. The van der Waals surface area contributed by atoms with Crippen LogP contribution in [-0.2, 0) is 0 Å². The van der Waals surface area contributed by atoms with Crippen molar-refractivity contribution >= 4 is 34.1 Å². The Morgan fingerprint density at radius 1 is 1.14 bits per heavy atom. The molecular weight excluding hydrogens is 292 g/mol. The van der Waals surface area contributed by atoms with E-state index >= 15 is 0 Å². The van der Waals surface area contributed by atoms with Gasteiger partial charge in [0.2, 0.25) is 0 Å². The third kappa shape index (κ3) is 3.68. The SMILES string of the molecule is C=CCN(CC=C)C(=S)Nc1ccc2nc(C)c(C)nc2c1. The summed E-state index contributed by atoms with van der Waals surface area (Å²) in [6.45, 7) is 12.8. The van der Waals surface area contributed by atoms with Gasteiger partial charge in [-0.15, -0.1) is 13.2 Å². The van der Waals surface area contributed by atoms with E-state index in [1.807, 2.05) is 49.1 Å². The molecule has 0 amide bonds. The fourth-order valence-corrected chi connectivity index (χ4v) is 2.33. The van der Waals surface area contributed by atoms with Crippen LogP contribution in [0.1, 0.15) is 11.4 Å². The van der Waals surface area contributed by atoms with Crippen LogP contribution in [0.15, 0.2) is 43.5 Å². The average Bonchev–Trinajstić information content (AvgIpc) is 2.48. The zero-order chi connectivity index (χ0) is 16.1. The van der Waals surface area contributed by atoms with Crippen LogP contribution in [0.5, 0.6) is 0 Å². The molecule has 2 aromatic rings. The van der Waals surface area contributed by atoms with E-state index in [-0.39, 0.29) is 0 Å². The first-order valence-corrected chi connectivity index (χ1v) is 7.48. The minimum absolute atomic E-state index is 0.635. The van der Waals surface area contributed by atoms with Gasteiger partial charge in [0.05, 0.1) is 22.4 Å². The summed E-state index contributed by atoms with van der Waals surface area (Å²) >= 11 is 5.44. The summed E-state index contributed by atoms with van der Waals surface area (Å²) in [7, 11) is 0. The van der Waals surface area contributed by atoms with E-state index in [0.29, 0.717) is 18.2 Å². The zero-order valence-corrected chi connectivity index (χ0v) is 13.8. The van der Waals surface area contributed by atoms with Crippen molar-refractivity contribution in [3.05, 3.63) is 54.9 Å². The molecule has 4 nitrogen and oxygen atoms in total. The molecule has 0 radical (unpaired) electrons. The van der Waals surface area contributed by atoms with Crippen molar-refractivity contribution in [3.63, 3.8) is 0 Å². The van der Waals surface area contributed by atoms with Crippen LogP contribution in [0.3, 0.4) is 0 Å². The molecule has 1 aromatic heterocycles. The summed E-state index contributed by atoms with van der Waals surface area (Å²) in [6.07, 6.45) is 3.63. The van der Waals surface area contributed by atoms with E-state index in [1.54, 1.807) is 0 Å². The lowest BCUT2D eigenvalue weighted by Gasteiger charge is -2.23. The van der Waals surface area contributed by atoms with Crippen molar-refractivity contribution in [1.29, 1.82) is 0 Å². The first kappa shape index (κ1) is 16.1. The van der Waals surface area contributed by atoms with Gasteiger partial charge in [-0.2, -0.15) is 0 Å². The van der Waals surface area contributed by atoms with Gasteiger partial charge in [0, 0.05) is 18.8 Å². The minimum atomic E-state index is 0.635. The van der Waals surface area contributed by atoms with Gasteiger partial charge in [-0.25, -0.2) is 9.97 Å². The van der Waals surface area contributed by atoms with Crippen LogP contribution in [-0.4, -0.2) is 33.1 Å². The number of hydrogen-bond donors (Lipinski definition) is 1. The number of benzene rings is 1. The van der Waals surface area contributed by atoms with Crippen LogP contribution in [0.25, 0.3) is 11.0 Å². The lowest BCUT2D eigenvalue weighted by Crippen LogP contribution is -2.34. The Kier molecular flexibility index (Phi) is 5.22. The number of fused-ring (bicyclic) bond motifs is 1. The highest BCUT2D eigenvalue weighted by Crippen LogP contribution is 2.18. The fourth-order valence-electron chi connectivity index (χ4n) is 2.06. The molecule has 0 aliphatic carbocycles. The van der Waals surface area contributed by atoms with Gasteiger partial charge < -0.3 is 10.2 Å². The quantitative estimate of drug-likeness (QED) is 0.674. The van der Waals surface area contributed by atoms with E-state index in [2.05, 4.69) is 28.4 Å². The first-order valence-electron chi connectivity index (χ1n) is 7.08. The van der Waals surface area contributed by atoms with Crippen LogP contribution in [0.4, 0.5) is 5.69 Å². The van der Waals surface area contributed by atoms with Gasteiger partial charge in [-0.1, -0.05) is 12.2 Å². The molecule has 1 aromatic carbocycles. The van der Waals surface area contributed by atoms with Gasteiger partial charge >= 0.3 is 0 Å². The van der Waals surface area contributed by atoms with Crippen LogP contribution < -0.4 is 5.32 Å². The molecule has 0 spiro atoms. The molecule has 0 atom stereocenters. The van der Waals surface area contributed by atoms with Gasteiger partial charge in [0.15, 0.2) is 5.11 Å². The van der Waals surface area contributed by atoms with Crippen molar-refractivity contribution < 1.29 is 0 Å². The van der Waals surface area contributed by atoms with E-state index < -0.39 is 0 Å².